The molecule has 10 rings (SSSR count). The van der Waals surface area contributed by atoms with Crippen LogP contribution in [0.5, 0.6) is 11.5 Å². The van der Waals surface area contributed by atoms with Gasteiger partial charge in [-0.1, -0.05) is 78.5 Å². The zero-order chi connectivity index (χ0) is 30.2. The molecule has 1 spiro atoms. The van der Waals surface area contributed by atoms with Crippen LogP contribution in [0.25, 0.3) is 22.6 Å². The minimum atomic E-state index is -0.656. The Labute approximate surface area is 270 Å². The van der Waals surface area contributed by atoms with Gasteiger partial charge in [0.15, 0.2) is 0 Å². The van der Waals surface area contributed by atoms with E-state index in [2.05, 4.69) is 119 Å². The molecule has 0 radical (unpaired) electrons. The standard InChI is InChI=1S/C40H24N4OS/c1-2-9-26(10-3-1)44-32-13-5-7-15-35(32)46-39-33(44)19-17-30-38(39)45-34-14-6-4-11-27(34)40(30)28-12-8-22-42-36(28)37-29(40)16-18-31(43-37)25-20-23-41-24-21-25/h1-24H. The Balaban J connectivity index is 1.28. The minimum absolute atomic E-state index is 0.656. The fourth-order valence-corrected chi connectivity index (χ4v) is 8.55. The molecule has 1 unspecified atom stereocenters. The third-order valence-corrected chi connectivity index (χ3v) is 10.4. The van der Waals surface area contributed by atoms with Crippen LogP contribution in [0.3, 0.4) is 0 Å². The lowest BCUT2D eigenvalue weighted by Crippen LogP contribution is -2.33. The van der Waals surface area contributed by atoms with E-state index in [9.17, 15) is 0 Å². The molecule has 3 aromatic heterocycles. The van der Waals surface area contributed by atoms with Gasteiger partial charge in [-0.05, 0) is 71.8 Å². The van der Waals surface area contributed by atoms with Gasteiger partial charge in [-0.15, -0.1) is 0 Å². The summed E-state index contributed by atoms with van der Waals surface area (Å²) >= 11 is 1.77. The zero-order valence-corrected chi connectivity index (χ0v) is 25.3. The van der Waals surface area contributed by atoms with Gasteiger partial charge in [0.2, 0.25) is 0 Å². The summed E-state index contributed by atoms with van der Waals surface area (Å²) in [5.74, 6) is 1.72. The molecule has 3 aliphatic rings. The van der Waals surface area contributed by atoms with Crippen molar-refractivity contribution >= 4 is 28.8 Å². The Bertz CT molecular complexity index is 2340. The Morgan fingerprint density at radius 2 is 1.35 bits per heavy atom. The van der Waals surface area contributed by atoms with Crippen LogP contribution in [0, 0.1) is 0 Å². The van der Waals surface area contributed by atoms with Crippen molar-refractivity contribution in [1.29, 1.82) is 0 Å². The normalized spacial score (nSPS) is 16.4. The number of hydrogen-bond donors (Lipinski definition) is 0. The van der Waals surface area contributed by atoms with Crippen LogP contribution in [-0.4, -0.2) is 15.0 Å². The monoisotopic (exact) mass is 608 g/mol. The number of aromatic nitrogens is 3. The summed E-state index contributed by atoms with van der Waals surface area (Å²) in [7, 11) is 0. The van der Waals surface area contributed by atoms with E-state index < -0.39 is 5.41 Å². The van der Waals surface area contributed by atoms with Gasteiger partial charge in [-0.2, -0.15) is 0 Å². The first-order valence-electron chi connectivity index (χ1n) is 15.3. The molecule has 7 aromatic rings. The zero-order valence-electron chi connectivity index (χ0n) is 24.5. The van der Waals surface area contributed by atoms with Crippen molar-refractivity contribution in [1.82, 2.24) is 15.0 Å². The fraction of sp³-hybridized carbons (Fsp3) is 0.0250. The number of rotatable bonds is 2. The molecule has 0 fully saturated rings. The van der Waals surface area contributed by atoms with E-state index in [4.69, 9.17) is 14.7 Å². The van der Waals surface area contributed by atoms with E-state index in [1.807, 2.05) is 24.4 Å². The summed E-state index contributed by atoms with van der Waals surface area (Å²) in [5.41, 5.74) is 10.8. The quantitative estimate of drug-likeness (QED) is 0.195. The average Bonchev–Trinajstić information content (AvgIpc) is 3.41. The van der Waals surface area contributed by atoms with E-state index in [1.165, 1.54) is 4.90 Å². The van der Waals surface area contributed by atoms with E-state index in [1.54, 1.807) is 24.2 Å². The highest BCUT2D eigenvalue weighted by Crippen LogP contribution is 2.65. The molecule has 1 aliphatic carbocycles. The molecular weight excluding hydrogens is 585 g/mol. The molecule has 1 atom stereocenters. The van der Waals surface area contributed by atoms with Crippen molar-refractivity contribution < 1.29 is 4.74 Å². The number of hydrogen-bond acceptors (Lipinski definition) is 6. The molecular formula is C40H24N4OS. The SMILES string of the molecule is c1ccc(N2c3ccccc3Sc3c2ccc2c3Oc3ccccc3C23c2cccnc2-c2nc(-c4ccncc4)ccc23)cc1. The van der Waals surface area contributed by atoms with Crippen LogP contribution >= 0.6 is 11.8 Å². The molecule has 0 saturated heterocycles. The molecule has 0 N–H and O–H groups in total. The third-order valence-electron chi connectivity index (χ3n) is 9.28. The fourth-order valence-electron chi connectivity index (χ4n) is 7.42. The maximum atomic E-state index is 6.99. The van der Waals surface area contributed by atoms with Gasteiger partial charge in [-0.25, -0.2) is 4.98 Å². The Morgan fingerprint density at radius 3 is 2.26 bits per heavy atom. The molecule has 46 heavy (non-hydrogen) atoms. The molecule has 0 saturated carbocycles. The highest BCUT2D eigenvalue weighted by atomic mass is 32.2. The van der Waals surface area contributed by atoms with Crippen molar-refractivity contribution in [2.45, 2.75) is 15.2 Å². The minimum Gasteiger partial charge on any atom is -0.455 e. The Kier molecular flexibility index (Phi) is 5.36. The van der Waals surface area contributed by atoms with E-state index in [0.717, 1.165) is 78.4 Å². The summed E-state index contributed by atoms with van der Waals surface area (Å²) in [6.45, 7) is 0. The van der Waals surface area contributed by atoms with Crippen LogP contribution in [0.15, 0.2) is 156 Å². The second-order valence-corrected chi connectivity index (χ2v) is 12.7. The second kappa shape index (κ2) is 9.64. The van der Waals surface area contributed by atoms with Gasteiger partial charge in [0, 0.05) is 45.9 Å². The first-order chi connectivity index (χ1) is 22.8. The average molecular weight is 609 g/mol. The summed E-state index contributed by atoms with van der Waals surface area (Å²) < 4.78 is 6.99. The van der Waals surface area contributed by atoms with Gasteiger partial charge in [-0.3, -0.25) is 9.97 Å². The first kappa shape index (κ1) is 25.6. The van der Waals surface area contributed by atoms with Crippen molar-refractivity contribution in [2.75, 3.05) is 4.90 Å². The lowest BCUT2D eigenvalue weighted by atomic mass is 9.66. The van der Waals surface area contributed by atoms with E-state index in [-0.39, 0.29) is 0 Å². The Hall–Kier alpha value is -5.72. The molecule has 4 aromatic carbocycles. The number of para-hydroxylation sites is 3. The van der Waals surface area contributed by atoms with E-state index in [0.29, 0.717) is 0 Å². The van der Waals surface area contributed by atoms with E-state index >= 15 is 0 Å². The molecule has 6 heteroatoms. The molecule has 216 valence electrons. The maximum absolute atomic E-state index is 6.99. The summed E-state index contributed by atoms with van der Waals surface area (Å²) in [6.07, 6.45) is 5.48. The van der Waals surface area contributed by atoms with Crippen molar-refractivity contribution in [3.05, 3.63) is 168 Å². The van der Waals surface area contributed by atoms with Crippen molar-refractivity contribution in [3.63, 3.8) is 0 Å². The molecule has 0 amide bonds. The van der Waals surface area contributed by atoms with Crippen LogP contribution < -0.4 is 9.64 Å². The number of pyridine rings is 3. The van der Waals surface area contributed by atoms with Crippen LogP contribution in [0.2, 0.25) is 0 Å². The topological polar surface area (TPSA) is 51.1 Å². The second-order valence-electron chi connectivity index (χ2n) is 11.6. The number of benzene rings is 4. The maximum Gasteiger partial charge on any atom is 0.148 e. The van der Waals surface area contributed by atoms with Gasteiger partial charge in [0.05, 0.1) is 38.8 Å². The summed E-state index contributed by atoms with van der Waals surface area (Å²) in [6, 6.07) is 44.7. The lowest BCUT2D eigenvalue weighted by molar-refractivity contribution is 0.426. The number of ether oxygens (including phenoxy) is 1. The van der Waals surface area contributed by atoms with Crippen LogP contribution in [0.1, 0.15) is 22.3 Å². The van der Waals surface area contributed by atoms with Crippen molar-refractivity contribution in [3.8, 4) is 34.1 Å². The first-order valence-corrected chi connectivity index (χ1v) is 16.1. The summed E-state index contributed by atoms with van der Waals surface area (Å²) in [4.78, 5) is 19.1. The Morgan fingerprint density at radius 1 is 0.587 bits per heavy atom. The third kappa shape index (κ3) is 3.39. The largest absolute Gasteiger partial charge is 0.455 e. The smallest absolute Gasteiger partial charge is 0.148 e. The molecule has 2 aliphatic heterocycles. The highest BCUT2D eigenvalue weighted by Gasteiger charge is 2.53. The van der Waals surface area contributed by atoms with Gasteiger partial charge in [0.1, 0.15) is 11.5 Å². The lowest BCUT2D eigenvalue weighted by Gasteiger charge is -2.41. The molecule has 5 nitrogen and oxygen atoms in total. The van der Waals surface area contributed by atoms with Gasteiger partial charge < -0.3 is 9.64 Å². The van der Waals surface area contributed by atoms with Crippen molar-refractivity contribution in [2.24, 2.45) is 0 Å². The summed E-state index contributed by atoms with van der Waals surface area (Å²) in [5, 5.41) is 0. The number of anilines is 3. The molecule has 0 bridgehead atoms. The predicted octanol–water partition coefficient (Wildman–Crippen LogP) is 9.94. The number of fused-ring (bicyclic) bond motifs is 12. The van der Waals surface area contributed by atoms with Crippen LogP contribution in [0.4, 0.5) is 17.1 Å². The van der Waals surface area contributed by atoms with Crippen LogP contribution in [-0.2, 0) is 5.41 Å². The van der Waals surface area contributed by atoms with Gasteiger partial charge in [0.25, 0.3) is 0 Å². The predicted molar refractivity (Wildman–Crippen MR) is 181 cm³/mol. The molecule has 5 heterocycles. The van der Waals surface area contributed by atoms with Gasteiger partial charge >= 0.3 is 0 Å². The number of nitrogens with zero attached hydrogens (tertiary/aromatic N) is 4. The highest BCUT2D eigenvalue weighted by molar-refractivity contribution is 7.99.